The molecule has 0 N–H and O–H groups in total. The van der Waals surface area contributed by atoms with Gasteiger partial charge in [-0.3, -0.25) is 4.40 Å². The highest BCUT2D eigenvalue weighted by Crippen LogP contribution is 2.22. The van der Waals surface area contributed by atoms with Crippen molar-refractivity contribution in [3.8, 4) is 17.3 Å². The summed E-state index contributed by atoms with van der Waals surface area (Å²) in [5.41, 5.74) is 3.09. The Bertz CT molecular complexity index is 1060. The molecule has 4 rings (SSSR count). The van der Waals surface area contributed by atoms with Gasteiger partial charge >= 0.3 is 0 Å². The molecule has 0 fully saturated rings. The molecule has 0 saturated heterocycles. The predicted octanol–water partition coefficient (Wildman–Crippen LogP) is 3.56. The van der Waals surface area contributed by atoms with Gasteiger partial charge in [-0.05, 0) is 30.3 Å². The van der Waals surface area contributed by atoms with Crippen molar-refractivity contribution in [2.75, 3.05) is 0 Å². The summed E-state index contributed by atoms with van der Waals surface area (Å²) in [7, 11) is 0. The van der Waals surface area contributed by atoms with Gasteiger partial charge in [0.15, 0.2) is 0 Å². The molecule has 2 heterocycles. The number of benzene rings is 2. The predicted molar refractivity (Wildman–Crippen MR) is 80.6 cm³/mol. The quantitative estimate of drug-likeness (QED) is 0.538. The minimum absolute atomic E-state index is 0.0244. The lowest BCUT2D eigenvalue weighted by atomic mass is 10.1. The van der Waals surface area contributed by atoms with Crippen LogP contribution < -0.4 is 0 Å². The molecule has 0 radical (unpaired) electrons. The van der Waals surface area contributed by atoms with Crippen LogP contribution in [0.15, 0.2) is 54.7 Å². The number of hydrogen-bond acceptors (Lipinski definition) is 3. The monoisotopic (exact) mass is 288 g/mol. The molecule has 0 spiro atoms. The standard InChI is InChI=1S/C17H9FN4/c18-13-9-11(5-6-12(13)10-19)14-7-8-22-16-4-2-1-3-15(16)21-17(22)20-14/h1-9H. The third kappa shape index (κ3) is 1.82. The van der Waals surface area contributed by atoms with Crippen LogP contribution in [0, 0.1) is 17.1 Å². The molecule has 5 heteroatoms. The van der Waals surface area contributed by atoms with Crippen molar-refractivity contribution in [2.45, 2.75) is 0 Å². The minimum atomic E-state index is -0.546. The second-order valence-corrected chi connectivity index (χ2v) is 4.89. The minimum Gasteiger partial charge on any atom is -0.284 e. The molecule has 0 unspecified atom stereocenters. The molecule has 0 saturated carbocycles. The van der Waals surface area contributed by atoms with E-state index in [9.17, 15) is 4.39 Å². The zero-order valence-electron chi connectivity index (χ0n) is 11.4. The first-order chi connectivity index (χ1) is 10.8. The zero-order chi connectivity index (χ0) is 15.1. The van der Waals surface area contributed by atoms with Gasteiger partial charge in [0.2, 0.25) is 5.78 Å². The summed E-state index contributed by atoms with van der Waals surface area (Å²) < 4.78 is 15.6. The van der Waals surface area contributed by atoms with Crippen LogP contribution in [0.25, 0.3) is 28.1 Å². The van der Waals surface area contributed by atoms with Crippen molar-refractivity contribution in [2.24, 2.45) is 0 Å². The van der Waals surface area contributed by atoms with Gasteiger partial charge < -0.3 is 0 Å². The number of aromatic nitrogens is 3. The third-order valence-corrected chi connectivity index (χ3v) is 3.56. The third-order valence-electron chi connectivity index (χ3n) is 3.56. The Kier molecular flexibility index (Phi) is 2.63. The highest BCUT2D eigenvalue weighted by atomic mass is 19.1. The second kappa shape index (κ2) is 4.64. The summed E-state index contributed by atoms with van der Waals surface area (Å²) in [6.07, 6.45) is 1.86. The van der Waals surface area contributed by atoms with E-state index in [4.69, 9.17) is 5.26 Å². The molecule has 4 nitrogen and oxygen atoms in total. The van der Waals surface area contributed by atoms with Gasteiger partial charge in [-0.15, -0.1) is 0 Å². The second-order valence-electron chi connectivity index (χ2n) is 4.89. The number of nitrogens with zero attached hydrogens (tertiary/aromatic N) is 4. The van der Waals surface area contributed by atoms with Crippen molar-refractivity contribution < 1.29 is 4.39 Å². The van der Waals surface area contributed by atoms with E-state index in [-0.39, 0.29) is 5.56 Å². The van der Waals surface area contributed by atoms with Crippen LogP contribution in [0.2, 0.25) is 0 Å². The van der Waals surface area contributed by atoms with Crippen LogP contribution in [0.5, 0.6) is 0 Å². The van der Waals surface area contributed by atoms with E-state index in [0.717, 1.165) is 11.0 Å². The normalized spacial score (nSPS) is 10.9. The molecular formula is C17H9FN4. The van der Waals surface area contributed by atoms with Gasteiger partial charge in [0.25, 0.3) is 0 Å². The Hall–Kier alpha value is -3.26. The summed E-state index contributed by atoms with van der Waals surface area (Å²) in [5.74, 6) is 0.0126. The average Bonchev–Trinajstić information content (AvgIpc) is 2.92. The zero-order valence-corrected chi connectivity index (χ0v) is 11.4. The van der Waals surface area contributed by atoms with E-state index in [0.29, 0.717) is 17.0 Å². The van der Waals surface area contributed by atoms with Gasteiger partial charge in [-0.25, -0.2) is 14.4 Å². The first-order valence-corrected chi connectivity index (χ1v) is 6.70. The first kappa shape index (κ1) is 12.5. The first-order valence-electron chi connectivity index (χ1n) is 6.70. The molecule has 0 aliphatic carbocycles. The summed E-state index contributed by atoms with van der Waals surface area (Å²) >= 11 is 0. The molecule has 2 aromatic carbocycles. The summed E-state index contributed by atoms with van der Waals surface area (Å²) in [5, 5.41) is 8.78. The van der Waals surface area contributed by atoms with Crippen molar-refractivity contribution in [3.63, 3.8) is 0 Å². The highest BCUT2D eigenvalue weighted by Gasteiger charge is 2.09. The van der Waals surface area contributed by atoms with E-state index in [2.05, 4.69) is 9.97 Å². The SMILES string of the molecule is N#Cc1ccc(-c2ccn3c(n2)nc2ccccc23)cc1F. The summed E-state index contributed by atoms with van der Waals surface area (Å²) in [6, 6.07) is 15.8. The van der Waals surface area contributed by atoms with Crippen LogP contribution in [0.1, 0.15) is 5.56 Å². The number of nitriles is 1. The van der Waals surface area contributed by atoms with E-state index < -0.39 is 5.82 Å². The smallest absolute Gasteiger partial charge is 0.235 e. The molecule has 0 aliphatic heterocycles. The maximum absolute atomic E-state index is 13.7. The van der Waals surface area contributed by atoms with Crippen LogP contribution in [0.3, 0.4) is 0 Å². The van der Waals surface area contributed by atoms with Crippen molar-refractivity contribution in [1.29, 1.82) is 5.26 Å². The summed E-state index contributed by atoms with van der Waals surface area (Å²) in [6.45, 7) is 0. The van der Waals surface area contributed by atoms with Gasteiger partial charge in [0.1, 0.15) is 11.9 Å². The van der Waals surface area contributed by atoms with E-state index in [1.54, 1.807) is 6.07 Å². The Morgan fingerprint density at radius 2 is 1.91 bits per heavy atom. The van der Waals surface area contributed by atoms with E-state index in [1.165, 1.54) is 12.1 Å². The maximum Gasteiger partial charge on any atom is 0.235 e. The van der Waals surface area contributed by atoms with Gasteiger partial charge in [0, 0.05) is 11.8 Å². The molecule has 2 aromatic heterocycles. The van der Waals surface area contributed by atoms with Gasteiger partial charge in [-0.1, -0.05) is 18.2 Å². The van der Waals surface area contributed by atoms with Crippen molar-refractivity contribution in [3.05, 3.63) is 66.1 Å². The van der Waals surface area contributed by atoms with Gasteiger partial charge in [-0.2, -0.15) is 5.26 Å². The average molecular weight is 288 g/mol. The fourth-order valence-corrected chi connectivity index (χ4v) is 2.47. The molecule has 0 amide bonds. The number of para-hydroxylation sites is 2. The molecule has 22 heavy (non-hydrogen) atoms. The fraction of sp³-hybridized carbons (Fsp3) is 0. The van der Waals surface area contributed by atoms with Crippen molar-refractivity contribution in [1.82, 2.24) is 14.4 Å². The lowest BCUT2D eigenvalue weighted by Gasteiger charge is -2.03. The molecule has 0 aliphatic rings. The molecule has 4 aromatic rings. The number of halogens is 1. The topological polar surface area (TPSA) is 54.0 Å². The van der Waals surface area contributed by atoms with Crippen molar-refractivity contribution >= 4 is 16.8 Å². The van der Waals surface area contributed by atoms with Crippen LogP contribution in [0.4, 0.5) is 4.39 Å². The Balaban J connectivity index is 1.91. The van der Waals surface area contributed by atoms with E-state index >= 15 is 0 Å². The Morgan fingerprint density at radius 1 is 1.05 bits per heavy atom. The van der Waals surface area contributed by atoms with Crippen LogP contribution in [-0.4, -0.2) is 14.4 Å². The largest absolute Gasteiger partial charge is 0.284 e. The Labute approximate surface area is 125 Å². The molecule has 0 atom stereocenters. The van der Waals surface area contributed by atoms with E-state index in [1.807, 2.05) is 47.0 Å². The number of imidazole rings is 1. The van der Waals surface area contributed by atoms with Crippen LogP contribution in [-0.2, 0) is 0 Å². The number of hydrogen-bond donors (Lipinski definition) is 0. The number of rotatable bonds is 1. The lowest BCUT2D eigenvalue weighted by Crippen LogP contribution is -1.92. The fourth-order valence-electron chi connectivity index (χ4n) is 2.47. The summed E-state index contributed by atoms with van der Waals surface area (Å²) in [4.78, 5) is 8.94. The molecular weight excluding hydrogens is 279 g/mol. The lowest BCUT2D eigenvalue weighted by molar-refractivity contribution is 0.624. The van der Waals surface area contributed by atoms with Crippen LogP contribution >= 0.6 is 0 Å². The Morgan fingerprint density at radius 3 is 2.73 bits per heavy atom. The maximum atomic E-state index is 13.7. The highest BCUT2D eigenvalue weighted by molar-refractivity contribution is 5.80. The number of fused-ring (bicyclic) bond motifs is 3. The molecule has 104 valence electrons. The molecule has 0 bridgehead atoms. The van der Waals surface area contributed by atoms with Gasteiger partial charge in [0.05, 0.1) is 22.3 Å².